The van der Waals surface area contributed by atoms with Gasteiger partial charge in [0.15, 0.2) is 11.5 Å². The van der Waals surface area contributed by atoms with Gasteiger partial charge in [-0.3, -0.25) is 4.79 Å². The minimum Gasteiger partial charge on any atom is -0.467 e. The van der Waals surface area contributed by atoms with Crippen LogP contribution in [0.4, 0.5) is 0 Å². The fraction of sp³-hybridized carbons (Fsp3) is 0.312. The molecule has 0 aliphatic rings. The average molecular weight is 318 g/mol. The molecule has 0 saturated heterocycles. The Kier molecular flexibility index (Phi) is 5.87. The number of hydrogen-bond donors (Lipinski definition) is 1. The summed E-state index contributed by atoms with van der Waals surface area (Å²) in [4.78, 5) is 23.2. The lowest BCUT2D eigenvalue weighted by Crippen LogP contribution is -2.39. The first-order chi connectivity index (χ1) is 11.1. The van der Waals surface area contributed by atoms with Gasteiger partial charge in [0, 0.05) is 6.07 Å². The molecule has 1 aromatic carbocycles. The number of esters is 1. The molecule has 1 N–H and O–H groups in total. The molecule has 0 aliphatic carbocycles. The van der Waals surface area contributed by atoms with Gasteiger partial charge in [-0.05, 0) is 12.5 Å². The van der Waals surface area contributed by atoms with Gasteiger partial charge in [0.1, 0.15) is 12.6 Å². The Bertz CT molecular complexity index is 654. The van der Waals surface area contributed by atoms with E-state index in [0.717, 1.165) is 5.56 Å². The van der Waals surface area contributed by atoms with Crippen LogP contribution in [-0.4, -0.2) is 30.2 Å². The summed E-state index contributed by atoms with van der Waals surface area (Å²) in [6.45, 7) is 2.15. The highest BCUT2D eigenvalue weighted by Gasteiger charge is 2.19. The SMILES string of the molecule is COC(=O)C(C)NC(=O)c1cc(COCc2ccccc2)on1. The maximum absolute atomic E-state index is 11.9. The molecule has 1 heterocycles. The van der Waals surface area contributed by atoms with E-state index in [-0.39, 0.29) is 12.3 Å². The third-order valence-corrected chi connectivity index (χ3v) is 3.05. The first-order valence-electron chi connectivity index (χ1n) is 7.06. The Morgan fingerprint density at radius 1 is 1.26 bits per heavy atom. The maximum Gasteiger partial charge on any atom is 0.328 e. The molecule has 2 rings (SSSR count). The summed E-state index contributed by atoms with van der Waals surface area (Å²) in [7, 11) is 1.25. The second kappa shape index (κ2) is 8.09. The summed E-state index contributed by atoms with van der Waals surface area (Å²) in [5.74, 6) is -0.619. The van der Waals surface area contributed by atoms with Gasteiger partial charge < -0.3 is 19.3 Å². The molecule has 1 aromatic heterocycles. The highest BCUT2D eigenvalue weighted by molar-refractivity contribution is 5.94. The van der Waals surface area contributed by atoms with E-state index in [4.69, 9.17) is 9.26 Å². The normalized spacial score (nSPS) is 11.7. The molecule has 0 fully saturated rings. The second-order valence-electron chi connectivity index (χ2n) is 4.88. The minimum atomic E-state index is -0.762. The smallest absolute Gasteiger partial charge is 0.328 e. The molecular formula is C16H18N2O5. The molecule has 0 aliphatic heterocycles. The van der Waals surface area contributed by atoms with Crippen molar-refractivity contribution >= 4 is 11.9 Å². The van der Waals surface area contributed by atoms with Gasteiger partial charge in [-0.1, -0.05) is 35.5 Å². The van der Waals surface area contributed by atoms with E-state index in [1.807, 2.05) is 30.3 Å². The predicted molar refractivity (Wildman–Crippen MR) is 80.4 cm³/mol. The summed E-state index contributed by atoms with van der Waals surface area (Å²) in [5.41, 5.74) is 1.12. The maximum atomic E-state index is 11.9. The number of amides is 1. The number of carbonyl (C=O) groups excluding carboxylic acids is 2. The number of benzene rings is 1. The lowest BCUT2D eigenvalue weighted by molar-refractivity contribution is -0.142. The Labute approximate surface area is 133 Å². The van der Waals surface area contributed by atoms with Crippen LogP contribution in [0.25, 0.3) is 0 Å². The number of nitrogens with zero attached hydrogens (tertiary/aromatic N) is 1. The number of methoxy groups -OCH3 is 1. The van der Waals surface area contributed by atoms with Crippen molar-refractivity contribution in [3.05, 3.63) is 53.4 Å². The van der Waals surface area contributed by atoms with Gasteiger partial charge in [0.2, 0.25) is 0 Å². The monoisotopic (exact) mass is 318 g/mol. The molecule has 2 aromatic rings. The van der Waals surface area contributed by atoms with E-state index >= 15 is 0 Å². The van der Waals surface area contributed by atoms with E-state index in [2.05, 4.69) is 15.2 Å². The van der Waals surface area contributed by atoms with E-state index in [0.29, 0.717) is 12.4 Å². The van der Waals surface area contributed by atoms with Crippen molar-refractivity contribution < 1.29 is 23.6 Å². The number of hydrogen-bond acceptors (Lipinski definition) is 6. The average Bonchev–Trinajstić information content (AvgIpc) is 3.04. The second-order valence-corrected chi connectivity index (χ2v) is 4.88. The quantitative estimate of drug-likeness (QED) is 0.781. The van der Waals surface area contributed by atoms with Crippen molar-refractivity contribution in [3.8, 4) is 0 Å². The zero-order chi connectivity index (χ0) is 16.7. The third kappa shape index (κ3) is 4.93. The lowest BCUT2D eigenvalue weighted by Gasteiger charge is -2.09. The topological polar surface area (TPSA) is 90.7 Å². The van der Waals surface area contributed by atoms with Crippen molar-refractivity contribution in [2.45, 2.75) is 26.2 Å². The van der Waals surface area contributed by atoms with Crippen molar-refractivity contribution in [1.82, 2.24) is 10.5 Å². The zero-order valence-corrected chi connectivity index (χ0v) is 12.9. The zero-order valence-electron chi connectivity index (χ0n) is 12.9. The largest absolute Gasteiger partial charge is 0.467 e. The van der Waals surface area contributed by atoms with E-state index in [1.54, 1.807) is 0 Å². The summed E-state index contributed by atoms with van der Waals surface area (Å²) >= 11 is 0. The fourth-order valence-electron chi connectivity index (χ4n) is 1.84. The standard InChI is InChI=1S/C16H18N2O5/c1-11(16(20)21-2)17-15(19)14-8-13(23-18-14)10-22-9-12-6-4-3-5-7-12/h3-8,11H,9-10H2,1-2H3,(H,17,19). The van der Waals surface area contributed by atoms with Crippen molar-refractivity contribution in [2.24, 2.45) is 0 Å². The number of aromatic nitrogens is 1. The van der Waals surface area contributed by atoms with Crippen molar-refractivity contribution in [3.63, 3.8) is 0 Å². The van der Waals surface area contributed by atoms with Crippen LogP contribution in [-0.2, 0) is 27.5 Å². The van der Waals surface area contributed by atoms with Crippen LogP contribution < -0.4 is 5.32 Å². The van der Waals surface area contributed by atoms with Crippen molar-refractivity contribution in [2.75, 3.05) is 7.11 Å². The fourth-order valence-corrected chi connectivity index (χ4v) is 1.84. The molecule has 23 heavy (non-hydrogen) atoms. The van der Waals surface area contributed by atoms with Crippen LogP contribution in [0, 0.1) is 0 Å². The Hall–Kier alpha value is -2.67. The van der Waals surface area contributed by atoms with Crippen LogP contribution >= 0.6 is 0 Å². The molecule has 0 radical (unpaired) electrons. The molecule has 0 spiro atoms. The molecule has 7 heteroatoms. The van der Waals surface area contributed by atoms with Crippen LogP contribution in [0.3, 0.4) is 0 Å². The number of ether oxygens (including phenoxy) is 2. The molecule has 1 amide bonds. The molecule has 0 saturated carbocycles. The third-order valence-electron chi connectivity index (χ3n) is 3.05. The van der Waals surface area contributed by atoms with Crippen LogP contribution in [0.15, 0.2) is 40.9 Å². The van der Waals surface area contributed by atoms with E-state index < -0.39 is 17.9 Å². The number of nitrogens with one attached hydrogen (secondary N) is 1. The van der Waals surface area contributed by atoms with Crippen LogP contribution in [0.1, 0.15) is 28.7 Å². The van der Waals surface area contributed by atoms with Gasteiger partial charge in [-0.25, -0.2) is 4.79 Å². The molecular weight excluding hydrogens is 300 g/mol. The first-order valence-corrected chi connectivity index (χ1v) is 7.06. The number of rotatable bonds is 7. The number of carbonyl (C=O) groups is 2. The van der Waals surface area contributed by atoms with Gasteiger partial charge in [0.05, 0.1) is 13.7 Å². The van der Waals surface area contributed by atoms with Crippen LogP contribution in [0.5, 0.6) is 0 Å². The molecule has 0 bridgehead atoms. The van der Waals surface area contributed by atoms with Crippen molar-refractivity contribution in [1.29, 1.82) is 0 Å². The van der Waals surface area contributed by atoms with E-state index in [1.165, 1.54) is 20.1 Å². The Morgan fingerprint density at radius 3 is 2.70 bits per heavy atom. The van der Waals surface area contributed by atoms with Gasteiger partial charge in [-0.15, -0.1) is 0 Å². The predicted octanol–water partition coefficient (Wildman–Crippen LogP) is 1.68. The molecule has 1 unspecified atom stereocenters. The van der Waals surface area contributed by atoms with Gasteiger partial charge >= 0.3 is 5.97 Å². The summed E-state index contributed by atoms with van der Waals surface area (Å²) in [6, 6.07) is 10.4. The van der Waals surface area contributed by atoms with Gasteiger partial charge in [0.25, 0.3) is 5.91 Å². The van der Waals surface area contributed by atoms with E-state index in [9.17, 15) is 9.59 Å². The van der Waals surface area contributed by atoms with Crippen LogP contribution in [0.2, 0.25) is 0 Å². The first kappa shape index (κ1) is 16.7. The minimum absolute atomic E-state index is 0.0825. The Morgan fingerprint density at radius 2 is 2.00 bits per heavy atom. The lowest BCUT2D eigenvalue weighted by atomic mass is 10.2. The highest BCUT2D eigenvalue weighted by Crippen LogP contribution is 2.08. The summed E-state index contributed by atoms with van der Waals surface area (Å²) < 4.78 is 15.1. The molecule has 1 atom stereocenters. The van der Waals surface area contributed by atoms with Gasteiger partial charge in [-0.2, -0.15) is 0 Å². The molecule has 122 valence electrons. The molecule has 7 nitrogen and oxygen atoms in total. The highest BCUT2D eigenvalue weighted by atomic mass is 16.5. The summed E-state index contributed by atoms with van der Waals surface area (Å²) in [6.07, 6.45) is 0. The Balaban J connectivity index is 1.83. The summed E-state index contributed by atoms with van der Waals surface area (Å²) in [5, 5.41) is 6.13.